The second-order valence-electron chi connectivity index (χ2n) is 7.95. The summed E-state index contributed by atoms with van der Waals surface area (Å²) in [5, 5.41) is 11.6. The fourth-order valence-corrected chi connectivity index (χ4v) is 4.03. The molecule has 0 bridgehead atoms. The number of rotatable bonds is 4. The Morgan fingerprint density at radius 1 is 0.969 bits per heavy atom. The first kappa shape index (κ1) is 21.7. The van der Waals surface area contributed by atoms with Crippen LogP contribution >= 0.6 is 11.6 Å². The number of halogens is 1. The third kappa shape index (κ3) is 3.76. The number of aryl methyl sites for hydroxylation is 1. The maximum atomic E-state index is 13.2. The average molecular weight is 447 g/mol. The molecule has 4 rings (SSSR count). The van der Waals surface area contributed by atoms with Crippen LogP contribution in [0, 0.1) is 6.92 Å². The standard InChI is InChI=1S/C26H23ClN2O3/c1-16-9-12-20(15-21(16)27)29-23(17-10-13-19(14-11-17)28(2)3)22(25(31)26(29)32)24(30)18-7-5-4-6-8-18/h4-15,23,30H,1-3H3/b24-22+/t23-/m0/s1. The molecule has 32 heavy (non-hydrogen) atoms. The summed E-state index contributed by atoms with van der Waals surface area (Å²) in [6.07, 6.45) is 0. The Hall–Kier alpha value is -3.57. The summed E-state index contributed by atoms with van der Waals surface area (Å²) in [6.45, 7) is 1.87. The number of benzene rings is 3. The van der Waals surface area contributed by atoms with E-state index >= 15 is 0 Å². The number of anilines is 2. The molecule has 0 aliphatic carbocycles. The lowest BCUT2D eigenvalue weighted by atomic mass is 9.95. The van der Waals surface area contributed by atoms with Gasteiger partial charge in [-0.05, 0) is 42.3 Å². The highest BCUT2D eigenvalue weighted by atomic mass is 35.5. The van der Waals surface area contributed by atoms with Crippen LogP contribution in [-0.2, 0) is 9.59 Å². The van der Waals surface area contributed by atoms with Gasteiger partial charge < -0.3 is 10.0 Å². The van der Waals surface area contributed by atoms with E-state index in [1.54, 1.807) is 42.5 Å². The van der Waals surface area contributed by atoms with Gasteiger partial charge in [-0.15, -0.1) is 0 Å². The van der Waals surface area contributed by atoms with Crippen molar-refractivity contribution < 1.29 is 14.7 Å². The molecule has 0 radical (unpaired) electrons. The first-order valence-corrected chi connectivity index (χ1v) is 10.6. The van der Waals surface area contributed by atoms with Gasteiger partial charge >= 0.3 is 0 Å². The number of ketones is 1. The van der Waals surface area contributed by atoms with Crippen LogP contribution < -0.4 is 9.80 Å². The molecule has 0 spiro atoms. The molecule has 6 heteroatoms. The molecule has 0 saturated carbocycles. The van der Waals surface area contributed by atoms with Gasteiger partial charge in [0, 0.05) is 36.1 Å². The van der Waals surface area contributed by atoms with Crippen molar-refractivity contribution in [2.75, 3.05) is 23.9 Å². The molecule has 1 amide bonds. The predicted molar refractivity (Wildman–Crippen MR) is 128 cm³/mol. The molecule has 1 aliphatic heterocycles. The smallest absolute Gasteiger partial charge is 0.300 e. The van der Waals surface area contributed by atoms with Crippen molar-refractivity contribution in [2.24, 2.45) is 0 Å². The molecular weight excluding hydrogens is 424 g/mol. The normalized spacial score (nSPS) is 17.6. The molecule has 3 aromatic rings. The maximum absolute atomic E-state index is 13.2. The van der Waals surface area contributed by atoms with Gasteiger partial charge in [-0.2, -0.15) is 0 Å². The summed E-state index contributed by atoms with van der Waals surface area (Å²) in [5.74, 6) is -1.64. The van der Waals surface area contributed by atoms with Crippen LogP contribution in [0.3, 0.4) is 0 Å². The minimum absolute atomic E-state index is 0.0514. The molecule has 1 atom stereocenters. The summed E-state index contributed by atoms with van der Waals surface area (Å²) in [6, 6.07) is 20.8. The number of amides is 1. The van der Waals surface area contributed by atoms with E-state index in [2.05, 4.69) is 0 Å². The monoisotopic (exact) mass is 446 g/mol. The third-order valence-electron chi connectivity index (χ3n) is 5.65. The zero-order valence-electron chi connectivity index (χ0n) is 18.0. The van der Waals surface area contributed by atoms with E-state index in [-0.39, 0.29) is 11.3 Å². The maximum Gasteiger partial charge on any atom is 0.300 e. The van der Waals surface area contributed by atoms with Crippen molar-refractivity contribution >= 4 is 40.4 Å². The lowest BCUT2D eigenvalue weighted by molar-refractivity contribution is -0.132. The molecule has 0 aromatic heterocycles. The highest BCUT2D eigenvalue weighted by molar-refractivity contribution is 6.51. The van der Waals surface area contributed by atoms with Gasteiger partial charge in [-0.1, -0.05) is 60.1 Å². The Bertz CT molecular complexity index is 1220. The van der Waals surface area contributed by atoms with Crippen molar-refractivity contribution in [1.82, 2.24) is 0 Å². The minimum Gasteiger partial charge on any atom is -0.507 e. The fraction of sp³-hybridized carbons (Fsp3) is 0.154. The number of hydrogen-bond donors (Lipinski definition) is 1. The van der Waals surface area contributed by atoms with E-state index in [0.29, 0.717) is 21.8 Å². The first-order chi connectivity index (χ1) is 15.3. The number of carbonyl (C=O) groups excluding carboxylic acids is 2. The quantitative estimate of drug-likeness (QED) is 0.334. The molecule has 162 valence electrons. The van der Waals surface area contributed by atoms with Crippen LogP contribution in [0.4, 0.5) is 11.4 Å². The number of aliphatic hydroxyl groups is 1. The van der Waals surface area contributed by atoms with Crippen LogP contribution in [0.15, 0.2) is 78.4 Å². The SMILES string of the molecule is Cc1ccc(N2C(=O)C(=O)/C(=C(/O)c3ccccc3)[C@@H]2c2ccc(N(C)C)cc2)cc1Cl. The molecule has 1 aliphatic rings. The van der Waals surface area contributed by atoms with Gasteiger partial charge in [0.15, 0.2) is 0 Å². The zero-order valence-corrected chi connectivity index (χ0v) is 18.8. The van der Waals surface area contributed by atoms with Crippen LogP contribution in [0.5, 0.6) is 0 Å². The predicted octanol–water partition coefficient (Wildman–Crippen LogP) is 5.34. The van der Waals surface area contributed by atoms with Gasteiger partial charge in [0.1, 0.15) is 5.76 Å². The molecule has 3 aromatic carbocycles. The summed E-state index contributed by atoms with van der Waals surface area (Å²) < 4.78 is 0. The molecule has 5 nitrogen and oxygen atoms in total. The van der Waals surface area contributed by atoms with E-state index in [9.17, 15) is 14.7 Å². The van der Waals surface area contributed by atoms with Crippen molar-refractivity contribution in [3.05, 3.63) is 100 Å². The molecular formula is C26H23ClN2O3. The van der Waals surface area contributed by atoms with Crippen LogP contribution in [0.1, 0.15) is 22.7 Å². The number of carbonyl (C=O) groups is 2. The van der Waals surface area contributed by atoms with Crippen LogP contribution in [0.25, 0.3) is 5.76 Å². The number of hydrogen-bond acceptors (Lipinski definition) is 4. The van der Waals surface area contributed by atoms with Gasteiger partial charge in [0.2, 0.25) is 0 Å². The first-order valence-electron chi connectivity index (χ1n) is 10.2. The summed E-state index contributed by atoms with van der Waals surface area (Å²) >= 11 is 6.33. The average Bonchev–Trinajstić information content (AvgIpc) is 3.06. The van der Waals surface area contributed by atoms with Crippen LogP contribution in [0.2, 0.25) is 5.02 Å². The van der Waals surface area contributed by atoms with Gasteiger partial charge in [0.25, 0.3) is 11.7 Å². The van der Waals surface area contributed by atoms with E-state index in [1.165, 1.54) is 4.90 Å². The van der Waals surface area contributed by atoms with E-state index in [1.807, 2.05) is 56.3 Å². The number of aliphatic hydroxyl groups excluding tert-OH is 1. The van der Waals surface area contributed by atoms with Crippen LogP contribution in [-0.4, -0.2) is 30.9 Å². The Morgan fingerprint density at radius 2 is 1.62 bits per heavy atom. The van der Waals surface area contributed by atoms with Gasteiger partial charge in [0.05, 0.1) is 11.6 Å². The number of Topliss-reactive ketones (excluding diaryl/α,β-unsaturated/α-hetero) is 1. The molecule has 0 unspecified atom stereocenters. The molecule has 1 heterocycles. The zero-order chi connectivity index (χ0) is 23.0. The molecule has 1 fully saturated rings. The summed E-state index contributed by atoms with van der Waals surface area (Å²) in [7, 11) is 3.87. The Kier molecular flexibility index (Phi) is 5.76. The lowest BCUT2D eigenvalue weighted by Crippen LogP contribution is -2.29. The van der Waals surface area contributed by atoms with Crippen molar-refractivity contribution in [2.45, 2.75) is 13.0 Å². The number of nitrogens with zero attached hydrogens (tertiary/aromatic N) is 2. The highest BCUT2D eigenvalue weighted by Crippen LogP contribution is 2.43. The van der Waals surface area contributed by atoms with Crippen molar-refractivity contribution in [3.63, 3.8) is 0 Å². The molecule has 1 N–H and O–H groups in total. The molecule has 1 saturated heterocycles. The minimum atomic E-state index is -0.787. The Morgan fingerprint density at radius 3 is 2.22 bits per heavy atom. The van der Waals surface area contributed by atoms with Gasteiger partial charge in [-0.3, -0.25) is 14.5 Å². The van der Waals surface area contributed by atoms with Crippen molar-refractivity contribution in [3.8, 4) is 0 Å². The van der Waals surface area contributed by atoms with E-state index in [0.717, 1.165) is 11.3 Å². The second kappa shape index (κ2) is 8.52. The summed E-state index contributed by atoms with van der Waals surface area (Å²) in [5.41, 5.74) is 3.58. The fourth-order valence-electron chi connectivity index (χ4n) is 3.85. The van der Waals surface area contributed by atoms with Crippen molar-refractivity contribution in [1.29, 1.82) is 0 Å². The van der Waals surface area contributed by atoms with E-state index < -0.39 is 17.7 Å². The largest absolute Gasteiger partial charge is 0.507 e. The van der Waals surface area contributed by atoms with E-state index in [4.69, 9.17) is 11.6 Å². The summed E-state index contributed by atoms with van der Waals surface area (Å²) in [4.78, 5) is 29.7. The Balaban J connectivity index is 1.93. The lowest BCUT2D eigenvalue weighted by Gasteiger charge is -2.26. The third-order valence-corrected chi connectivity index (χ3v) is 6.06. The topological polar surface area (TPSA) is 60.9 Å². The second-order valence-corrected chi connectivity index (χ2v) is 8.36. The highest BCUT2D eigenvalue weighted by Gasteiger charge is 2.47. The Labute approximate surface area is 192 Å². The van der Waals surface area contributed by atoms with Gasteiger partial charge in [-0.25, -0.2) is 0 Å².